The van der Waals surface area contributed by atoms with Crippen LogP contribution in [0.1, 0.15) is 17.2 Å². The zero-order chi connectivity index (χ0) is 23.9. The maximum absolute atomic E-state index is 12.9. The van der Waals surface area contributed by atoms with Gasteiger partial charge in [0, 0.05) is 25.2 Å². The smallest absolute Gasteiger partial charge is 0.305 e. The molecule has 0 atom stereocenters. The summed E-state index contributed by atoms with van der Waals surface area (Å²) in [5.74, 6) is -2.76. The van der Waals surface area contributed by atoms with Gasteiger partial charge in [0.15, 0.2) is 0 Å². The van der Waals surface area contributed by atoms with Gasteiger partial charge in [-0.3, -0.25) is 29.4 Å². The number of amides is 3. The average Bonchev–Trinajstić information content (AvgIpc) is 3.28. The zero-order valence-electron chi connectivity index (χ0n) is 16.5. The van der Waals surface area contributed by atoms with Gasteiger partial charge in [0.1, 0.15) is 5.82 Å². The second kappa shape index (κ2) is 8.40. The van der Waals surface area contributed by atoms with Crippen molar-refractivity contribution in [1.82, 2.24) is 24.6 Å². The van der Waals surface area contributed by atoms with E-state index in [0.717, 1.165) is 4.57 Å². The highest BCUT2D eigenvalue weighted by Crippen LogP contribution is 2.33. The van der Waals surface area contributed by atoms with Crippen LogP contribution in [0, 0.1) is 10.1 Å². The lowest BCUT2D eigenvalue weighted by atomic mass is 10.2. The Bertz CT molecular complexity index is 1190. The first-order chi connectivity index (χ1) is 15.5. The number of carbonyl (C=O) groups excluding carboxylic acids is 3. The second-order valence-electron chi connectivity index (χ2n) is 7.06. The van der Waals surface area contributed by atoms with E-state index in [0.29, 0.717) is 22.2 Å². The highest BCUT2D eigenvalue weighted by molar-refractivity contribution is 8.18. The Kier molecular flexibility index (Phi) is 5.75. The average molecular weight is 482 g/mol. The molecule has 1 aromatic heterocycles. The maximum atomic E-state index is 12.9. The molecule has 11 nitrogen and oxygen atoms in total. The van der Waals surface area contributed by atoms with Gasteiger partial charge in [0.05, 0.1) is 22.9 Å². The van der Waals surface area contributed by atoms with Gasteiger partial charge < -0.3 is 4.57 Å². The SMILES string of the molecule is O=C(CN1CCn2c(nnc2C(F)(F)F)C1)N1C(=O)S/C(=C\c2ccc([N+](=O)[O-])cc2)C1=O. The van der Waals surface area contributed by atoms with Crippen LogP contribution in [0.5, 0.6) is 0 Å². The fraction of sp³-hybridized carbons (Fsp3) is 0.278. The van der Waals surface area contributed by atoms with E-state index in [4.69, 9.17) is 0 Å². The van der Waals surface area contributed by atoms with E-state index >= 15 is 0 Å². The largest absolute Gasteiger partial charge is 0.451 e. The van der Waals surface area contributed by atoms with Gasteiger partial charge in [-0.2, -0.15) is 13.2 Å². The summed E-state index contributed by atoms with van der Waals surface area (Å²) in [6.07, 6.45) is -3.31. The molecule has 4 rings (SSSR count). The Balaban J connectivity index is 1.43. The molecule has 33 heavy (non-hydrogen) atoms. The number of thioether (sulfide) groups is 1. The van der Waals surface area contributed by atoms with E-state index in [-0.39, 0.29) is 42.6 Å². The molecule has 1 fully saturated rings. The lowest BCUT2D eigenvalue weighted by molar-refractivity contribution is -0.384. The highest BCUT2D eigenvalue weighted by Gasteiger charge is 2.42. The molecule has 1 saturated heterocycles. The van der Waals surface area contributed by atoms with Crippen LogP contribution in [-0.4, -0.2) is 59.6 Å². The summed E-state index contributed by atoms with van der Waals surface area (Å²) in [5, 5.41) is 16.6. The van der Waals surface area contributed by atoms with Crippen molar-refractivity contribution in [3.05, 3.63) is 56.5 Å². The Morgan fingerprint density at radius 1 is 1.18 bits per heavy atom. The number of fused-ring (bicyclic) bond motifs is 1. The predicted octanol–water partition coefficient (Wildman–Crippen LogP) is 2.28. The molecule has 2 aliphatic rings. The minimum atomic E-state index is -4.65. The second-order valence-corrected chi connectivity index (χ2v) is 8.05. The van der Waals surface area contributed by atoms with Gasteiger partial charge in [-0.1, -0.05) is 0 Å². The number of nitrogens with zero attached hydrogens (tertiary/aromatic N) is 6. The van der Waals surface area contributed by atoms with Crippen LogP contribution in [0.4, 0.5) is 23.7 Å². The van der Waals surface area contributed by atoms with Crippen molar-refractivity contribution in [2.75, 3.05) is 13.1 Å². The topological polar surface area (TPSA) is 132 Å². The molecule has 2 aromatic rings. The van der Waals surface area contributed by atoms with Crippen molar-refractivity contribution in [3.8, 4) is 0 Å². The molecule has 2 aliphatic heterocycles. The molecule has 1 aromatic carbocycles. The van der Waals surface area contributed by atoms with Crippen molar-refractivity contribution in [1.29, 1.82) is 0 Å². The fourth-order valence-corrected chi connectivity index (χ4v) is 4.18. The Morgan fingerprint density at radius 3 is 2.52 bits per heavy atom. The number of nitro benzene ring substituents is 1. The Labute approximate surface area is 187 Å². The first-order valence-corrected chi connectivity index (χ1v) is 10.1. The van der Waals surface area contributed by atoms with Gasteiger partial charge in [0.25, 0.3) is 22.7 Å². The molecule has 0 spiro atoms. The normalized spacial score (nSPS) is 18.2. The Hall–Kier alpha value is -3.59. The van der Waals surface area contributed by atoms with E-state index in [1.54, 1.807) is 0 Å². The molecule has 0 N–H and O–H groups in total. The van der Waals surface area contributed by atoms with E-state index in [1.165, 1.54) is 35.2 Å². The molecule has 15 heteroatoms. The number of benzene rings is 1. The van der Waals surface area contributed by atoms with Crippen molar-refractivity contribution in [2.45, 2.75) is 19.3 Å². The monoisotopic (exact) mass is 482 g/mol. The third kappa shape index (κ3) is 4.49. The molecular weight excluding hydrogens is 469 g/mol. The number of hydrogen-bond acceptors (Lipinski definition) is 9. The molecular formula is C18H13F3N6O5S. The summed E-state index contributed by atoms with van der Waals surface area (Å²) in [6.45, 7) is -0.526. The number of non-ortho nitro benzene ring substituents is 1. The summed E-state index contributed by atoms with van der Waals surface area (Å²) >= 11 is 0.546. The zero-order valence-corrected chi connectivity index (χ0v) is 17.3. The van der Waals surface area contributed by atoms with Crippen LogP contribution in [0.2, 0.25) is 0 Å². The third-order valence-electron chi connectivity index (χ3n) is 4.89. The number of hydrogen-bond donors (Lipinski definition) is 0. The lowest BCUT2D eigenvalue weighted by Gasteiger charge is -2.27. The number of imide groups is 3. The molecule has 172 valence electrons. The van der Waals surface area contributed by atoms with Gasteiger partial charge in [-0.15, -0.1) is 10.2 Å². The summed E-state index contributed by atoms with van der Waals surface area (Å²) in [6, 6.07) is 5.26. The van der Waals surface area contributed by atoms with E-state index < -0.39 is 34.0 Å². The number of carbonyl (C=O) groups is 3. The molecule has 3 heterocycles. The van der Waals surface area contributed by atoms with Crippen LogP contribution in [-0.2, 0) is 28.9 Å². The maximum Gasteiger partial charge on any atom is 0.451 e. The number of aromatic nitrogens is 3. The first-order valence-electron chi connectivity index (χ1n) is 9.31. The minimum Gasteiger partial charge on any atom is -0.305 e. The Morgan fingerprint density at radius 2 is 1.88 bits per heavy atom. The van der Waals surface area contributed by atoms with Crippen LogP contribution in [0.15, 0.2) is 29.2 Å². The third-order valence-corrected chi connectivity index (χ3v) is 5.76. The minimum absolute atomic E-state index is 0.0218. The first kappa shape index (κ1) is 22.6. The molecule has 0 radical (unpaired) electrons. The summed E-state index contributed by atoms with van der Waals surface area (Å²) in [7, 11) is 0. The van der Waals surface area contributed by atoms with Crippen LogP contribution >= 0.6 is 11.8 Å². The number of rotatable bonds is 4. The van der Waals surface area contributed by atoms with Crippen LogP contribution < -0.4 is 0 Å². The number of halogens is 3. The van der Waals surface area contributed by atoms with Crippen LogP contribution in [0.3, 0.4) is 0 Å². The summed E-state index contributed by atoms with van der Waals surface area (Å²) < 4.78 is 39.8. The van der Waals surface area contributed by atoms with Crippen molar-refractivity contribution in [2.24, 2.45) is 0 Å². The molecule has 3 amide bonds. The number of alkyl halides is 3. The quantitative estimate of drug-likeness (QED) is 0.366. The lowest BCUT2D eigenvalue weighted by Crippen LogP contribution is -2.45. The van der Waals surface area contributed by atoms with E-state index in [2.05, 4.69) is 10.2 Å². The molecule has 0 aliphatic carbocycles. The van der Waals surface area contributed by atoms with Crippen molar-refractivity contribution in [3.63, 3.8) is 0 Å². The van der Waals surface area contributed by atoms with Crippen molar-refractivity contribution < 1.29 is 32.5 Å². The standard InChI is InChI=1S/C18H13F3N6O5S/c19-18(20,21)16-23-22-13-8-24(5-6-25(13)16)9-14(28)26-15(29)12(33-17(26)30)7-10-1-3-11(4-2-10)27(31)32/h1-4,7H,5-6,8-9H2/b12-7-. The van der Waals surface area contributed by atoms with Gasteiger partial charge in [-0.05, 0) is 35.5 Å². The molecule has 0 unspecified atom stereocenters. The van der Waals surface area contributed by atoms with E-state index in [1.807, 2.05) is 0 Å². The van der Waals surface area contributed by atoms with Gasteiger partial charge in [-0.25, -0.2) is 4.90 Å². The summed E-state index contributed by atoms with van der Waals surface area (Å²) in [4.78, 5) is 49.6. The summed E-state index contributed by atoms with van der Waals surface area (Å²) in [5.41, 5.74) is 0.282. The fourth-order valence-electron chi connectivity index (χ4n) is 3.34. The van der Waals surface area contributed by atoms with Crippen LogP contribution in [0.25, 0.3) is 6.08 Å². The molecule has 0 bridgehead atoms. The van der Waals surface area contributed by atoms with Gasteiger partial charge >= 0.3 is 6.18 Å². The van der Waals surface area contributed by atoms with Gasteiger partial charge in [0.2, 0.25) is 5.82 Å². The van der Waals surface area contributed by atoms with Crippen molar-refractivity contribution >= 4 is 40.6 Å². The predicted molar refractivity (Wildman–Crippen MR) is 106 cm³/mol. The number of nitro groups is 1. The highest BCUT2D eigenvalue weighted by atomic mass is 32.2. The molecule has 0 saturated carbocycles. The van der Waals surface area contributed by atoms with E-state index in [9.17, 15) is 37.7 Å².